The summed E-state index contributed by atoms with van der Waals surface area (Å²) in [5, 5.41) is 14.5. The lowest BCUT2D eigenvalue weighted by molar-refractivity contribution is -0.137. The highest BCUT2D eigenvalue weighted by Crippen LogP contribution is 2.44. The molecule has 0 radical (unpaired) electrons. The number of carboxylic acids is 1. The fraction of sp³-hybridized carbons (Fsp3) is 0.344. The molecule has 3 aromatic carbocycles. The van der Waals surface area contributed by atoms with Crippen molar-refractivity contribution >= 4 is 18.0 Å². The number of amides is 2. The molecule has 0 aromatic heterocycles. The number of alkyl carbamates (subject to hydrolysis) is 1. The van der Waals surface area contributed by atoms with E-state index in [1.807, 2.05) is 73.7 Å². The second-order valence-corrected chi connectivity index (χ2v) is 10.2. The van der Waals surface area contributed by atoms with Crippen LogP contribution >= 0.6 is 0 Å². The third-order valence-corrected chi connectivity index (χ3v) is 7.20. The van der Waals surface area contributed by atoms with Crippen LogP contribution in [0.25, 0.3) is 11.1 Å². The molecule has 8 heteroatoms. The van der Waals surface area contributed by atoms with Crippen molar-refractivity contribution in [2.45, 2.75) is 51.4 Å². The summed E-state index contributed by atoms with van der Waals surface area (Å²) < 4.78 is 11.6. The van der Waals surface area contributed by atoms with E-state index in [2.05, 4.69) is 22.8 Å². The molecule has 0 fully saturated rings. The van der Waals surface area contributed by atoms with Gasteiger partial charge in [-0.3, -0.25) is 9.59 Å². The van der Waals surface area contributed by atoms with Crippen molar-refractivity contribution in [3.05, 3.63) is 95.6 Å². The first-order chi connectivity index (χ1) is 19.3. The first-order valence-corrected chi connectivity index (χ1v) is 13.6. The van der Waals surface area contributed by atoms with Gasteiger partial charge in [-0.25, -0.2) is 4.79 Å². The Kier molecular flexibility index (Phi) is 9.91. The maximum absolute atomic E-state index is 13.2. The Morgan fingerprint density at radius 1 is 0.875 bits per heavy atom. The summed E-state index contributed by atoms with van der Waals surface area (Å²) in [5.41, 5.74) is 5.40. The van der Waals surface area contributed by atoms with Crippen molar-refractivity contribution < 1.29 is 29.0 Å². The summed E-state index contributed by atoms with van der Waals surface area (Å²) in [6.07, 6.45) is -0.916. The van der Waals surface area contributed by atoms with Crippen molar-refractivity contribution in [1.29, 1.82) is 0 Å². The third kappa shape index (κ3) is 7.48. The fourth-order valence-corrected chi connectivity index (χ4v) is 4.92. The summed E-state index contributed by atoms with van der Waals surface area (Å²) in [6.45, 7) is 4.27. The van der Waals surface area contributed by atoms with E-state index in [1.165, 1.54) is 0 Å². The van der Waals surface area contributed by atoms with Crippen LogP contribution in [0.4, 0.5) is 4.79 Å². The number of benzene rings is 3. The van der Waals surface area contributed by atoms with E-state index in [4.69, 9.17) is 14.6 Å². The fourth-order valence-electron chi connectivity index (χ4n) is 4.92. The average molecular weight is 545 g/mol. The van der Waals surface area contributed by atoms with Gasteiger partial charge in [0.2, 0.25) is 5.91 Å². The Morgan fingerprint density at radius 3 is 2.10 bits per heavy atom. The molecule has 3 N–H and O–H groups in total. The van der Waals surface area contributed by atoms with E-state index < -0.39 is 30.1 Å². The van der Waals surface area contributed by atoms with Gasteiger partial charge in [0.05, 0.1) is 12.7 Å². The molecule has 1 aliphatic rings. The van der Waals surface area contributed by atoms with Crippen molar-refractivity contribution in [2.75, 3.05) is 13.2 Å². The van der Waals surface area contributed by atoms with E-state index in [1.54, 1.807) is 6.92 Å². The van der Waals surface area contributed by atoms with Crippen LogP contribution in [0, 0.1) is 5.92 Å². The molecular weight excluding hydrogens is 508 g/mol. The summed E-state index contributed by atoms with van der Waals surface area (Å²) in [6, 6.07) is 24.7. The lowest BCUT2D eigenvalue weighted by Gasteiger charge is -2.25. The number of carbonyl (C=O) groups excluding carboxylic acids is 2. The van der Waals surface area contributed by atoms with Gasteiger partial charge in [-0.05, 0) is 47.1 Å². The van der Waals surface area contributed by atoms with Crippen LogP contribution in [0.2, 0.25) is 0 Å². The number of ether oxygens (including phenoxy) is 2. The van der Waals surface area contributed by atoms with E-state index >= 15 is 0 Å². The third-order valence-electron chi connectivity index (χ3n) is 7.20. The van der Waals surface area contributed by atoms with Crippen LogP contribution in [0.15, 0.2) is 78.9 Å². The first kappa shape index (κ1) is 28.8. The van der Waals surface area contributed by atoms with Crippen LogP contribution in [0.1, 0.15) is 49.3 Å². The second kappa shape index (κ2) is 13.8. The number of carboxylic acid groups (broad SMARTS) is 1. The van der Waals surface area contributed by atoms with Gasteiger partial charge in [0, 0.05) is 18.9 Å². The number of hydrogen-bond acceptors (Lipinski definition) is 5. The number of fused-ring (bicyclic) bond motifs is 3. The highest BCUT2D eigenvalue weighted by molar-refractivity contribution is 5.86. The highest BCUT2D eigenvalue weighted by atomic mass is 16.5. The first-order valence-electron chi connectivity index (χ1n) is 13.6. The summed E-state index contributed by atoms with van der Waals surface area (Å²) in [4.78, 5) is 37.1. The minimum Gasteiger partial charge on any atom is -0.481 e. The van der Waals surface area contributed by atoms with E-state index in [9.17, 15) is 14.4 Å². The maximum Gasteiger partial charge on any atom is 0.407 e. The average Bonchev–Trinajstić information content (AvgIpc) is 3.29. The van der Waals surface area contributed by atoms with Gasteiger partial charge in [0.1, 0.15) is 12.6 Å². The van der Waals surface area contributed by atoms with Crippen molar-refractivity contribution in [3.63, 3.8) is 0 Å². The highest BCUT2D eigenvalue weighted by Gasteiger charge is 2.31. The second-order valence-electron chi connectivity index (χ2n) is 10.2. The molecule has 0 spiro atoms. The molecular formula is C32H36N2O6. The lowest BCUT2D eigenvalue weighted by Crippen LogP contribution is -2.53. The Bertz CT molecular complexity index is 1270. The molecule has 8 nitrogen and oxygen atoms in total. The molecule has 0 saturated carbocycles. The summed E-state index contributed by atoms with van der Waals surface area (Å²) in [7, 11) is 0. The number of nitrogens with one attached hydrogen (secondary N) is 2. The van der Waals surface area contributed by atoms with Gasteiger partial charge in [-0.2, -0.15) is 0 Å². The Morgan fingerprint density at radius 2 is 1.48 bits per heavy atom. The number of rotatable bonds is 13. The topological polar surface area (TPSA) is 114 Å². The predicted octanol–water partition coefficient (Wildman–Crippen LogP) is 5.12. The molecule has 0 bridgehead atoms. The number of hydrogen-bond donors (Lipinski definition) is 3. The largest absolute Gasteiger partial charge is 0.481 e. The predicted molar refractivity (Wildman–Crippen MR) is 152 cm³/mol. The molecule has 0 aliphatic heterocycles. The quantitative estimate of drug-likeness (QED) is 0.275. The smallest absolute Gasteiger partial charge is 0.407 e. The van der Waals surface area contributed by atoms with Gasteiger partial charge in [-0.1, -0.05) is 85.8 Å². The van der Waals surface area contributed by atoms with Gasteiger partial charge in [-0.15, -0.1) is 0 Å². The molecule has 210 valence electrons. The number of carbonyl (C=O) groups is 3. The zero-order valence-electron chi connectivity index (χ0n) is 22.8. The molecule has 4 rings (SSSR count). The Balaban J connectivity index is 1.40. The minimum absolute atomic E-state index is 0.0229. The van der Waals surface area contributed by atoms with Crippen LogP contribution in [-0.2, 0) is 25.7 Å². The van der Waals surface area contributed by atoms with Crippen molar-refractivity contribution in [3.8, 4) is 11.1 Å². The van der Waals surface area contributed by atoms with Crippen molar-refractivity contribution in [1.82, 2.24) is 10.6 Å². The molecule has 0 saturated heterocycles. The molecule has 0 heterocycles. The zero-order valence-corrected chi connectivity index (χ0v) is 22.8. The monoisotopic (exact) mass is 544 g/mol. The molecule has 1 aliphatic carbocycles. The van der Waals surface area contributed by atoms with Gasteiger partial charge >= 0.3 is 12.1 Å². The van der Waals surface area contributed by atoms with E-state index in [-0.39, 0.29) is 38.0 Å². The maximum atomic E-state index is 13.2. The molecule has 40 heavy (non-hydrogen) atoms. The molecule has 3 atom stereocenters. The van der Waals surface area contributed by atoms with Crippen molar-refractivity contribution in [2.24, 2.45) is 5.92 Å². The van der Waals surface area contributed by atoms with Gasteiger partial charge in [0.15, 0.2) is 0 Å². The molecule has 1 unspecified atom stereocenters. The SMILES string of the molecule is CC(CCC(=O)O)CNC(=O)[C@H](NC(=O)OCC1c2ccccc2-c2ccccc21)[C@H](C)OCc1ccccc1. The lowest BCUT2D eigenvalue weighted by atomic mass is 9.98. The van der Waals surface area contributed by atoms with Gasteiger partial charge in [0.25, 0.3) is 0 Å². The molecule has 3 aromatic rings. The van der Waals surface area contributed by atoms with E-state index in [0.717, 1.165) is 27.8 Å². The summed E-state index contributed by atoms with van der Waals surface area (Å²) in [5.74, 6) is -1.45. The van der Waals surface area contributed by atoms with Crippen LogP contribution in [0.3, 0.4) is 0 Å². The van der Waals surface area contributed by atoms with Crippen LogP contribution in [-0.4, -0.2) is 48.4 Å². The van der Waals surface area contributed by atoms with E-state index in [0.29, 0.717) is 6.42 Å². The Hall–Kier alpha value is -4.17. The van der Waals surface area contributed by atoms with Crippen LogP contribution < -0.4 is 10.6 Å². The molecule has 2 amide bonds. The minimum atomic E-state index is -1.01. The normalized spacial score (nSPS) is 14.3. The van der Waals surface area contributed by atoms with Crippen LogP contribution in [0.5, 0.6) is 0 Å². The number of aliphatic carboxylic acids is 1. The van der Waals surface area contributed by atoms with Gasteiger partial charge < -0.3 is 25.2 Å². The Labute approximate surface area is 234 Å². The standard InChI is InChI=1S/C32H36N2O6/c1-21(16-17-29(35)36)18-33-31(37)30(22(2)39-19-23-10-4-3-5-11-23)34-32(38)40-20-28-26-14-8-6-12-24(26)25-13-7-9-15-27(25)28/h3-15,21-22,28,30H,16-20H2,1-2H3,(H,33,37)(H,34,38)(H,35,36)/t21?,22-,30+/m0/s1. The zero-order chi connectivity index (χ0) is 28.5. The summed E-state index contributed by atoms with van der Waals surface area (Å²) >= 11 is 0.